The summed E-state index contributed by atoms with van der Waals surface area (Å²) < 4.78 is 51.9. The van der Waals surface area contributed by atoms with Gasteiger partial charge in [-0.2, -0.15) is 9.29 Å². The Labute approximate surface area is 199 Å². The lowest BCUT2D eigenvalue weighted by Gasteiger charge is -2.33. The van der Waals surface area contributed by atoms with Crippen LogP contribution in [0.15, 0.2) is 51.9 Å². The molecule has 0 amide bonds. The standard InChI is InChI=1S/C24H29FN4O4S/c1-3-32-20-8-10-21(11-9-20)34(30,31)29-15-13-28(14-16-29)12-4-5-23-26-24(27-33-23)19-7-6-18(2)22(25)17-19/h6-11,17H,3-5,12-16H2,1-2H3. The van der Waals surface area contributed by atoms with Crippen molar-refractivity contribution in [1.29, 1.82) is 0 Å². The van der Waals surface area contributed by atoms with Gasteiger partial charge in [0, 0.05) is 38.2 Å². The molecule has 8 nitrogen and oxygen atoms in total. The van der Waals surface area contributed by atoms with Crippen LogP contribution < -0.4 is 4.74 Å². The first-order chi connectivity index (χ1) is 16.4. The Morgan fingerprint density at radius 1 is 1.09 bits per heavy atom. The van der Waals surface area contributed by atoms with E-state index >= 15 is 0 Å². The first kappa shape index (κ1) is 24.3. The zero-order valence-corrected chi connectivity index (χ0v) is 20.2. The Balaban J connectivity index is 1.25. The Hall–Kier alpha value is -2.82. The van der Waals surface area contributed by atoms with Crippen LogP contribution in [0, 0.1) is 12.7 Å². The molecule has 1 aliphatic heterocycles. The number of hydrogen-bond donors (Lipinski definition) is 0. The van der Waals surface area contributed by atoms with Crippen molar-refractivity contribution in [3.05, 3.63) is 59.7 Å². The molecule has 182 valence electrons. The largest absolute Gasteiger partial charge is 0.494 e. The molecular weight excluding hydrogens is 459 g/mol. The zero-order valence-electron chi connectivity index (χ0n) is 19.4. The number of benzene rings is 2. The topological polar surface area (TPSA) is 88.8 Å². The molecule has 1 saturated heterocycles. The molecule has 0 bridgehead atoms. The summed E-state index contributed by atoms with van der Waals surface area (Å²) in [5, 5.41) is 3.96. The maximum Gasteiger partial charge on any atom is 0.243 e. The van der Waals surface area contributed by atoms with Gasteiger partial charge in [-0.25, -0.2) is 12.8 Å². The van der Waals surface area contributed by atoms with E-state index in [9.17, 15) is 12.8 Å². The van der Waals surface area contributed by atoms with Crippen LogP contribution >= 0.6 is 0 Å². The van der Waals surface area contributed by atoms with Crippen molar-refractivity contribution < 1.29 is 22.1 Å². The molecule has 4 rings (SSSR count). The van der Waals surface area contributed by atoms with Gasteiger partial charge in [-0.1, -0.05) is 17.3 Å². The normalized spacial score (nSPS) is 15.5. The molecular formula is C24H29FN4O4S. The van der Waals surface area contributed by atoms with Gasteiger partial charge < -0.3 is 14.2 Å². The van der Waals surface area contributed by atoms with Gasteiger partial charge in [-0.3, -0.25) is 0 Å². The molecule has 0 atom stereocenters. The van der Waals surface area contributed by atoms with E-state index in [0.29, 0.717) is 67.8 Å². The van der Waals surface area contributed by atoms with E-state index in [2.05, 4.69) is 15.0 Å². The summed E-state index contributed by atoms with van der Waals surface area (Å²) in [6, 6.07) is 11.4. The van der Waals surface area contributed by atoms with Crippen LogP contribution in [0.5, 0.6) is 5.75 Å². The van der Waals surface area contributed by atoms with Crippen LogP contribution in [0.4, 0.5) is 4.39 Å². The van der Waals surface area contributed by atoms with Crippen LogP contribution in [0.1, 0.15) is 24.8 Å². The minimum atomic E-state index is -3.52. The fourth-order valence-electron chi connectivity index (χ4n) is 3.88. The number of sulfonamides is 1. The summed E-state index contributed by atoms with van der Waals surface area (Å²) >= 11 is 0. The minimum absolute atomic E-state index is 0.282. The fraction of sp³-hybridized carbons (Fsp3) is 0.417. The summed E-state index contributed by atoms with van der Waals surface area (Å²) in [6.45, 7) is 7.13. The van der Waals surface area contributed by atoms with E-state index in [0.717, 1.165) is 13.0 Å². The summed E-state index contributed by atoms with van der Waals surface area (Å²) in [5.74, 6) is 1.24. The fourth-order valence-corrected chi connectivity index (χ4v) is 5.30. The van der Waals surface area contributed by atoms with Gasteiger partial charge in [-0.05, 0) is 62.7 Å². The van der Waals surface area contributed by atoms with Gasteiger partial charge in [0.15, 0.2) is 0 Å². The summed E-state index contributed by atoms with van der Waals surface area (Å²) in [7, 11) is -3.52. The van der Waals surface area contributed by atoms with Crippen LogP contribution in [0.25, 0.3) is 11.4 Å². The van der Waals surface area contributed by atoms with Gasteiger partial charge in [-0.15, -0.1) is 0 Å². The smallest absolute Gasteiger partial charge is 0.243 e. The van der Waals surface area contributed by atoms with E-state index in [-0.39, 0.29) is 10.7 Å². The highest BCUT2D eigenvalue weighted by atomic mass is 32.2. The maximum absolute atomic E-state index is 13.8. The third-order valence-electron chi connectivity index (χ3n) is 5.87. The number of nitrogens with zero attached hydrogens (tertiary/aromatic N) is 4. The van der Waals surface area contributed by atoms with E-state index in [4.69, 9.17) is 9.26 Å². The Kier molecular flexibility index (Phi) is 7.60. The number of piperazine rings is 1. The Bertz CT molecular complexity index is 1210. The lowest BCUT2D eigenvalue weighted by Crippen LogP contribution is -2.48. The van der Waals surface area contributed by atoms with Crippen LogP contribution in [-0.4, -0.2) is 67.1 Å². The number of ether oxygens (including phenoxy) is 1. The molecule has 0 saturated carbocycles. The van der Waals surface area contributed by atoms with Gasteiger partial charge in [0.05, 0.1) is 11.5 Å². The van der Waals surface area contributed by atoms with E-state index in [1.165, 1.54) is 10.4 Å². The van der Waals surface area contributed by atoms with Crippen molar-refractivity contribution in [1.82, 2.24) is 19.3 Å². The molecule has 2 heterocycles. The second-order valence-corrected chi connectivity index (χ2v) is 10.2. The highest BCUT2D eigenvalue weighted by Gasteiger charge is 2.28. The monoisotopic (exact) mass is 488 g/mol. The molecule has 0 unspecified atom stereocenters. The number of aromatic nitrogens is 2. The summed E-state index contributed by atoms with van der Waals surface area (Å²) in [6.07, 6.45) is 1.40. The minimum Gasteiger partial charge on any atom is -0.494 e. The molecule has 2 aromatic carbocycles. The third kappa shape index (κ3) is 5.63. The van der Waals surface area contributed by atoms with Crippen molar-refractivity contribution >= 4 is 10.0 Å². The predicted octanol–water partition coefficient (Wildman–Crippen LogP) is 3.52. The molecule has 3 aromatic rings. The van der Waals surface area contributed by atoms with Crippen molar-refractivity contribution in [3.63, 3.8) is 0 Å². The lowest BCUT2D eigenvalue weighted by molar-refractivity contribution is 0.185. The van der Waals surface area contributed by atoms with E-state index in [1.807, 2.05) is 6.92 Å². The molecule has 0 aliphatic carbocycles. The quantitative estimate of drug-likeness (QED) is 0.455. The second kappa shape index (κ2) is 10.6. The SMILES string of the molecule is CCOc1ccc(S(=O)(=O)N2CCN(CCCc3nc(-c4ccc(C)c(F)c4)no3)CC2)cc1. The van der Waals surface area contributed by atoms with Crippen molar-refractivity contribution in [2.75, 3.05) is 39.3 Å². The molecule has 1 aliphatic rings. The van der Waals surface area contributed by atoms with Crippen LogP contribution in [0.3, 0.4) is 0 Å². The summed E-state index contributed by atoms with van der Waals surface area (Å²) in [4.78, 5) is 6.89. The molecule has 0 radical (unpaired) electrons. The average Bonchev–Trinajstić information content (AvgIpc) is 3.31. The van der Waals surface area contributed by atoms with Gasteiger partial charge in [0.25, 0.3) is 0 Å². The number of aryl methyl sites for hydroxylation is 2. The van der Waals surface area contributed by atoms with Crippen molar-refractivity contribution in [2.45, 2.75) is 31.6 Å². The molecule has 0 N–H and O–H groups in total. The van der Waals surface area contributed by atoms with Crippen LogP contribution in [-0.2, 0) is 16.4 Å². The first-order valence-corrected chi connectivity index (χ1v) is 12.9. The highest BCUT2D eigenvalue weighted by Crippen LogP contribution is 2.22. The Morgan fingerprint density at radius 2 is 1.82 bits per heavy atom. The molecule has 0 spiro atoms. The average molecular weight is 489 g/mol. The second-order valence-electron chi connectivity index (χ2n) is 8.23. The highest BCUT2D eigenvalue weighted by molar-refractivity contribution is 7.89. The zero-order chi connectivity index (χ0) is 24.1. The van der Waals surface area contributed by atoms with Crippen molar-refractivity contribution in [3.8, 4) is 17.1 Å². The molecule has 1 fully saturated rings. The van der Waals surface area contributed by atoms with Gasteiger partial charge in [0.1, 0.15) is 11.6 Å². The number of halogens is 1. The predicted molar refractivity (Wildman–Crippen MR) is 126 cm³/mol. The maximum atomic E-state index is 13.8. The van der Waals surface area contributed by atoms with E-state index < -0.39 is 10.0 Å². The first-order valence-electron chi connectivity index (χ1n) is 11.4. The van der Waals surface area contributed by atoms with E-state index in [1.54, 1.807) is 43.3 Å². The molecule has 1 aromatic heterocycles. The van der Waals surface area contributed by atoms with Gasteiger partial charge in [0.2, 0.25) is 21.7 Å². The van der Waals surface area contributed by atoms with Gasteiger partial charge >= 0.3 is 0 Å². The van der Waals surface area contributed by atoms with Crippen molar-refractivity contribution in [2.24, 2.45) is 0 Å². The lowest BCUT2D eigenvalue weighted by atomic mass is 10.1. The van der Waals surface area contributed by atoms with Crippen LogP contribution in [0.2, 0.25) is 0 Å². The molecule has 34 heavy (non-hydrogen) atoms. The number of hydrogen-bond acceptors (Lipinski definition) is 7. The molecule has 10 heteroatoms. The Morgan fingerprint density at radius 3 is 2.50 bits per heavy atom. The number of rotatable bonds is 9. The summed E-state index contributed by atoms with van der Waals surface area (Å²) in [5.41, 5.74) is 1.16. The third-order valence-corrected chi connectivity index (χ3v) is 7.78.